The van der Waals surface area contributed by atoms with E-state index >= 15 is 0 Å². The number of quaternary nitrogens is 1. The van der Waals surface area contributed by atoms with Crippen LogP contribution >= 0.6 is 0 Å². The SMILES string of the molecule is CCCCCCCCCOC(=O)CCC(=O)OCC[N+](C)(C)CCCS(=O)(=O)O. The fourth-order valence-corrected chi connectivity index (χ4v) is 3.28. The molecule has 9 heteroatoms. The maximum absolute atomic E-state index is 11.7. The molecule has 0 aliphatic rings. The van der Waals surface area contributed by atoms with Crippen molar-refractivity contribution in [1.29, 1.82) is 0 Å². The summed E-state index contributed by atoms with van der Waals surface area (Å²) in [5, 5.41) is 0. The fourth-order valence-electron chi connectivity index (χ4n) is 2.79. The van der Waals surface area contributed by atoms with Gasteiger partial charge in [0.1, 0.15) is 13.2 Å². The number of nitrogens with zero attached hydrogens (tertiary/aromatic N) is 1. The predicted molar refractivity (Wildman–Crippen MR) is 112 cm³/mol. The molecule has 8 nitrogen and oxygen atoms in total. The Morgan fingerprint density at radius 1 is 0.793 bits per heavy atom. The number of rotatable bonds is 18. The number of likely N-dealkylation sites (N-methyl/N-ethyl adjacent to an activating group) is 1. The molecule has 0 saturated carbocycles. The molecule has 0 amide bonds. The lowest BCUT2D eigenvalue weighted by Gasteiger charge is -2.29. The van der Waals surface area contributed by atoms with Crippen LogP contribution in [0.15, 0.2) is 0 Å². The molecule has 0 spiro atoms. The summed E-state index contributed by atoms with van der Waals surface area (Å²) in [7, 11) is -0.175. The molecule has 0 aliphatic carbocycles. The number of carbonyl (C=O) groups is 2. The van der Waals surface area contributed by atoms with E-state index in [0.717, 1.165) is 19.3 Å². The average molecular weight is 439 g/mol. The molecule has 0 saturated heterocycles. The molecule has 1 N–H and O–H groups in total. The Bertz CT molecular complexity index is 561. The predicted octanol–water partition coefficient (Wildman–Crippen LogP) is 2.96. The Kier molecular flexibility index (Phi) is 15.0. The Morgan fingerprint density at radius 2 is 1.31 bits per heavy atom. The Hall–Kier alpha value is -1.19. The lowest BCUT2D eigenvalue weighted by Crippen LogP contribution is -2.43. The van der Waals surface area contributed by atoms with Crippen molar-refractivity contribution in [2.45, 2.75) is 71.1 Å². The zero-order valence-corrected chi connectivity index (χ0v) is 19.2. The molecule has 0 bridgehead atoms. The summed E-state index contributed by atoms with van der Waals surface area (Å²) in [5.74, 6) is -1.11. The molecule has 172 valence electrons. The minimum absolute atomic E-state index is 0.00790. The highest BCUT2D eigenvalue weighted by Crippen LogP contribution is 2.07. The van der Waals surface area contributed by atoms with Crippen LogP contribution in [-0.2, 0) is 29.2 Å². The van der Waals surface area contributed by atoms with Crippen molar-refractivity contribution in [3.05, 3.63) is 0 Å². The van der Waals surface area contributed by atoms with Crippen LogP contribution in [0.5, 0.6) is 0 Å². The highest BCUT2D eigenvalue weighted by molar-refractivity contribution is 7.85. The summed E-state index contributed by atoms with van der Waals surface area (Å²) in [6, 6.07) is 0. The number of esters is 2. The van der Waals surface area contributed by atoms with E-state index in [1.165, 1.54) is 25.7 Å². The summed E-state index contributed by atoms with van der Waals surface area (Å²) < 4.78 is 40.9. The quantitative estimate of drug-likeness (QED) is 0.152. The van der Waals surface area contributed by atoms with Gasteiger partial charge in [0.25, 0.3) is 10.1 Å². The second-order valence-corrected chi connectivity index (χ2v) is 9.66. The normalized spacial score (nSPS) is 12.0. The first-order valence-electron chi connectivity index (χ1n) is 10.6. The van der Waals surface area contributed by atoms with Crippen molar-refractivity contribution >= 4 is 22.1 Å². The van der Waals surface area contributed by atoms with E-state index in [-0.39, 0.29) is 31.2 Å². The molecular formula is C20H40NO7S+. The Labute approximate surface area is 176 Å². The molecule has 0 aromatic rings. The van der Waals surface area contributed by atoms with Gasteiger partial charge in [0.2, 0.25) is 0 Å². The van der Waals surface area contributed by atoms with Crippen LogP contribution in [0, 0.1) is 0 Å². The number of carbonyl (C=O) groups excluding carboxylic acids is 2. The summed E-state index contributed by atoms with van der Waals surface area (Å²) in [6.07, 6.45) is 8.39. The summed E-state index contributed by atoms with van der Waals surface area (Å²) in [6.45, 7) is 3.82. The van der Waals surface area contributed by atoms with Gasteiger partial charge in [-0.25, -0.2) is 0 Å². The minimum Gasteiger partial charge on any atom is -0.466 e. The Morgan fingerprint density at radius 3 is 1.86 bits per heavy atom. The van der Waals surface area contributed by atoms with Crippen LogP contribution in [-0.4, -0.2) is 75.5 Å². The molecule has 0 atom stereocenters. The van der Waals surface area contributed by atoms with Crippen molar-refractivity contribution < 1.29 is 36.5 Å². The number of unbranched alkanes of at least 4 members (excludes halogenated alkanes) is 6. The van der Waals surface area contributed by atoms with Gasteiger partial charge in [-0.15, -0.1) is 0 Å². The van der Waals surface area contributed by atoms with Gasteiger partial charge in [0.05, 0.1) is 45.8 Å². The van der Waals surface area contributed by atoms with Gasteiger partial charge in [0.15, 0.2) is 0 Å². The van der Waals surface area contributed by atoms with E-state index in [4.69, 9.17) is 14.0 Å². The van der Waals surface area contributed by atoms with Crippen LogP contribution in [0.3, 0.4) is 0 Å². The molecule has 0 radical (unpaired) electrons. The van der Waals surface area contributed by atoms with E-state index < -0.39 is 16.1 Å². The standard InChI is InChI=1S/C20H39NO7S/c1-4-5-6-7-8-9-10-16-27-19(22)12-13-20(23)28-17-15-21(2,3)14-11-18-29(24,25)26/h4-18H2,1-3H3/p+1. The molecular weight excluding hydrogens is 398 g/mol. The van der Waals surface area contributed by atoms with Gasteiger partial charge in [-0.3, -0.25) is 14.1 Å². The second-order valence-electron chi connectivity index (χ2n) is 8.08. The summed E-state index contributed by atoms with van der Waals surface area (Å²) >= 11 is 0. The molecule has 0 aromatic heterocycles. The monoisotopic (exact) mass is 438 g/mol. The summed E-state index contributed by atoms with van der Waals surface area (Å²) in [5.41, 5.74) is 0. The van der Waals surface area contributed by atoms with E-state index in [2.05, 4.69) is 6.92 Å². The number of hydrogen-bond donors (Lipinski definition) is 1. The lowest BCUT2D eigenvalue weighted by molar-refractivity contribution is -0.890. The third-order valence-electron chi connectivity index (χ3n) is 4.67. The van der Waals surface area contributed by atoms with Gasteiger partial charge in [-0.2, -0.15) is 8.42 Å². The van der Waals surface area contributed by atoms with Gasteiger partial charge in [-0.05, 0) is 6.42 Å². The number of ether oxygens (including phenoxy) is 2. The average Bonchev–Trinajstić information content (AvgIpc) is 2.60. The third-order valence-corrected chi connectivity index (χ3v) is 5.47. The molecule has 0 unspecified atom stereocenters. The first-order chi connectivity index (χ1) is 13.6. The summed E-state index contributed by atoms with van der Waals surface area (Å²) in [4.78, 5) is 23.4. The zero-order chi connectivity index (χ0) is 22.2. The fraction of sp³-hybridized carbons (Fsp3) is 0.900. The van der Waals surface area contributed by atoms with E-state index in [0.29, 0.717) is 30.6 Å². The van der Waals surface area contributed by atoms with Crippen LogP contribution in [0.4, 0.5) is 0 Å². The zero-order valence-electron chi connectivity index (χ0n) is 18.4. The minimum atomic E-state index is -3.95. The van der Waals surface area contributed by atoms with Crippen LogP contribution in [0.2, 0.25) is 0 Å². The van der Waals surface area contributed by atoms with Crippen molar-refractivity contribution in [1.82, 2.24) is 0 Å². The molecule has 0 fully saturated rings. The number of hydrogen-bond acceptors (Lipinski definition) is 6. The van der Waals surface area contributed by atoms with E-state index in [9.17, 15) is 18.0 Å². The second kappa shape index (κ2) is 15.6. The van der Waals surface area contributed by atoms with Gasteiger partial charge in [-0.1, -0.05) is 45.4 Å². The molecule has 0 aliphatic heterocycles. The Balaban J connectivity index is 3.70. The van der Waals surface area contributed by atoms with Crippen molar-refractivity contribution in [3.8, 4) is 0 Å². The molecule has 29 heavy (non-hydrogen) atoms. The first kappa shape index (κ1) is 27.8. The third kappa shape index (κ3) is 19.9. The van der Waals surface area contributed by atoms with E-state index in [1.807, 2.05) is 14.1 Å². The lowest BCUT2D eigenvalue weighted by atomic mass is 10.1. The van der Waals surface area contributed by atoms with E-state index in [1.54, 1.807) is 0 Å². The van der Waals surface area contributed by atoms with Gasteiger partial charge >= 0.3 is 11.9 Å². The highest BCUT2D eigenvalue weighted by atomic mass is 32.2. The van der Waals surface area contributed by atoms with Crippen molar-refractivity contribution in [3.63, 3.8) is 0 Å². The van der Waals surface area contributed by atoms with Crippen molar-refractivity contribution in [2.75, 3.05) is 46.2 Å². The van der Waals surface area contributed by atoms with Crippen molar-refractivity contribution in [2.24, 2.45) is 0 Å². The van der Waals surface area contributed by atoms with Gasteiger partial charge in [0, 0.05) is 6.42 Å². The molecule has 0 rings (SSSR count). The van der Waals surface area contributed by atoms with Crippen LogP contribution < -0.4 is 0 Å². The van der Waals surface area contributed by atoms with Gasteiger partial charge < -0.3 is 14.0 Å². The molecule has 0 aromatic carbocycles. The maximum Gasteiger partial charge on any atom is 0.306 e. The first-order valence-corrected chi connectivity index (χ1v) is 12.2. The smallest absolute Gasteiger partial charge is 0.306 e. The van der Waals surface area contributed by atoms with Crippen LogP contribution in [0.25, 0.3) is 0 Å². The maximum atomic E-state index is 11.7. The topological polar surface area (TPSA) is 107 Å². The highest BCUT2D eigenvalue weighted by Gasteiger charge is 2.18. The largest absolute Gasteiger partial charge is 0.466 e. The van der Waals surface area contributed by atoms with Crippen LogP contribution in [0.1, 0.15) is 71.1 Å². The molecule has 0 heterocycles.